The van der Waals surface area contributed by atoms with E-state index in [1.54, 1.807) is 7.11 Å². The van der Waals surface area contributed by atoms with E-state index in [-0.39, 0.29) is 0 Å². The Kier molecular flexibility index (Phi) is 8.10. The van der Waals surface area contributed by atoms with Crippen LogP contribution >= 0.6 is 0 Å². The molecule has 0 bridgehead atoms. The highest BCUT2D eigenvalue weighted by Gasteiger charge is 2.17. The van der Waals surface area contributed by atoms with Gasteiger partial charge >= 0.3 is 0 Å². The molecular formula is C39H35N3O. The number of hydrogen-bond donors (Lipinski definition) is 2. The predicted octanol–water partition coefficient (Wildman–Crippen LogP) is 9.45. The molecule has 0 aliphatic heterocycles. The summed E-state index contributed by atoms with van der Waals surface area (Å²) in [5.41, 5.74) is 24.2. The first kappa shape index (κ1) is 27.7. The molecule has 0 unspecified atom stereocenters. The molecule has 0 radical (unpaired) electrons. The number of aryl methyl sites for hydroxylation is 2. The monoisotopic (exact) mass is 561 g/mol. The number of nitrogens with two attached hydrogens (primary N) is 2. The quantitative estimate of drug-likeness (QED) is 0.173. The average molecular weight is 562 g/mol. The molecule has 0 saturated carbocycles. The van der Waals surface area contributed by atoms with Crippen molar-refractivity contribution in [3.8, 4) is 28.0 Å². The van der Waals surface area contributed by atoms with Gasteiger partial charge in [0.15, 0.2) is 0 Å². The molecular weight excluding hydrogens is 526 g/mol. The molecule has 0 fully saturated rings. The molecule has 43 heavy (non-hydrogen) atoms. The van der Waals surface area contributed by atoms with Gasteiger partial charge in [-0.25, -0.2) is 0 Å². The second-order valence-electron chi connectivity index (χ2n) is 10.6. The van der Waals surface area contributed by atoms with Crippen molar-refractivity contribution >= 4 is 28.4 Å². The highest BCUT2D eigenvalue weighted by Crippen LogP contribution is 2.40. The summed E-state index contributed by atoms with van der Waals surface area (Å²) in [7, 11) is 1.69. The zero-order valence-electron chi connectivity index (χ0n) is 24.3. The number of nitrogen functional groups attached to an aromatic ring is 2. The van der Waals surface area contributed by atoms with Crippen LogP contribution in [0.15, 0.2) is 146 Å². The third-order valence-electron chi connectivity index (χ3n) is 7.83. The Bertz CT molecular complexity index is 1800. The minimum Gasteiger partial charge on any atom is -0.497 e. The van der Waals surface area contributed by atoms with Crippen LogP contribution in [0.1, 0.15) is 11.1 Å². The van der Waals surface area contributed by atoms with Crippen molar-refractivity contribution in [3.63, 3.8) is 0 Å². The van der Waals surface area contributed by atoms with Crippen molar-refractivity contribution in [1.82, 2.24) is 0 Å². The Hall–Kier alpha value is -5.48. The lowest BCUT2D eigenvalue weighted by Crippen LogP contribution is -2.10. The van der Waals surface area contributed by atoms with Gasteiger partial charge < -0.3 is 21.1 Å². The lowest BCUT2D eigenvalue weighted by Gasteiger charge is -2.27. The van der Waals surface area contributed by atoms with Gasteiger partial charge in [0.05, 0.1) is 7.11 Å². The normalized spacial score (nSPS) is 10.8. The maximum absolute atomic E-state index is 6.56. The standard InChI is InChI=1S/C39H35N3O/c1-43-36-25-23-34(24-26-36)42(33-20-15-30(16-21-33)29-13-18-32(40)19-14-29)35-22-17-31(12-11-28-7-3-2-4-8-28)38(27-35)37-9-5-6-10-39(37)41/h2-10,13-27H,11-12,40-41H2,1H3. The summed E-state index contributed by atoms with van der Waals surface area (Å²) in [6.45, 7) is 0. The van der Waals surface area contributed by atoms with Crippen LogP contribution in [0.2, 0.25) is 0 Å². The number of anilines is 5. The van der Waals surface area contributed by atoms with E-state index in [0.717, 1.165) is 69.3 Å². The maximum Gasteiger partial charge on any atom is 0.119 e. The molecule has 0 aromatic heterocycles. The fourth-order valence-electron chi connectivity index (χ4n) is 5.50. The zero-order valence-corrected chi connectivity index (χ0v) is 24.3. The summed E-state index contributed by atoms with van der Waals surface area (Å²) < 4.78 is 5.46. The van der Waals surface area contributed by atoms with Crippen LogP contribution in [0.25, 0.3) is 22.3 Å². The van der Waals surface area contributed by atoms with Gasteiger partial charge in [0.2, 0.25) is 0 Å². The highest BCUT2D eigenvalue weighted by molar-refractivity contribution is 5.85. The number of hydrogen-bond acceptors (Lipinski definition) is 4. The lowest BCUT2D eigenvalue weighted by atomic mass is 9.93. The molecule has 6 aromatic rings. The van der Waals surface area contributed by atoms with Gasteiger partial charge in [-0.3, -0.25) is 0 Å². The molecule has 6 rings (SSSR count). The van der Waals surface area contributed by atoms with Gasteiger partial charge in [-0.15, -0.1) is 0 Å². The molecule has 0 amide bonds. The number of methoxy groups -OCH3 is 1. The fourth-order valence-corrected chi connectivity index (χ4v) is 5.50. The molecule has 0 aliphatic carbocycles. The van der Waals surface area contributed by atoms with Gasteiger partial charge in [0, 0.05) is 34.0 Å². The van der Waals surface area contributed by atoms with Crippen LogP contribution in [0, 0.1) is 0 Å². The van der Waals surface area contributed by atoms with Crippen LogP contribution in [0.4, 0.5) is 28.4 Å². The van der Waals surface area contributed by atoms with E-state index in [0.29, 0.717) is 0 Å². The van der Waals surface area contributed by atoms with Crippen LogP contribution in [0.3, 0.4) is 0 Å². The van der Waals surface area contributed by atoms with Crippen molar-refractivity contribution in [1.29, 1.82) is 0 Å². The van der Waals surface area contributed by atoms with E-state index in [2.05, 4.69) is 114 Å². The van der Waals surface area contributed by atoms with Crippen molar-refractivity contribution < 1.29 is 4.74 Å². The summed E-state index contributed by atoms with van der Waals surface area (Å²) in [6.07, 6.45) is 1.86. The number of para-hydroxylation sites is 1. The lowest BCUT2D eigenvalue weighted by molar-refractivity contribution is 0.415. The van der Waals surface area contributed by atoms with Crippen molar-refractivity contribution in [3.05, 3.63) is 157 Å². The largest absolute Gasteiger partial charge is 0.497 e. The fraction of sp³-hybridized carbons (Fsp3) is 0.0769. The first-order valence-electron chi connectivity index (χ1n) is 14.5. The predicted molar refractivity (Wildman–Crippen MR) is 181 cm³/mol. The third-order valence-corrected chi connectivity index (χ3v) is 7.83. The summed E-state index contributed by atoms with van der Waals surface area (Å²) >= 11 is 0. The molecule has 0 spiro atoms. The van der Waals surface area contributed by atoms with Gasteiger partial charge in [-0.05, 0) is 107 Å². The second kappa shape index (κ2) is 12.6. The Morgan fingerprint density at radius 2 is 1.12 bits per heavy atom. The number of nitrogens with zero attached hydrogens (tertiary/aromatic N) is 1. The first-order chi connectivity index (χ1) is 21.1. The van der Waals surface area contributed by atoms with E-state index < -0.39 is 0 Å². The maximum atomic E-state index is 6.56. The van der Waals surface area contributed by atoms with Gasteiger partial charge in [0.25, 0.3) is 0 Å². The van der Waals surface area contributed by atoms with Gasteiger partial charge in [-0.2, -0.15) is 0 Å². The van der Waals surface area contributed by atoms with Gasteiger partial charge in [0.1, 0.15) is 5.75 Å². The molecule has 4 N–H and O–H groups in total. The Morgan fingerprint density at radius 1 is 0.535 bits per heavy atom. The third kappa shape index (κ3) is 6.24. The molecule has 6 aromatic carbocycles. The van der Waals surface area contributed by atoms with Crippen molar-refractivity contribution in [2.24, 2.45) is 0 Å². The zero-order chi connectivity index (χ0) is 29.6. The molecule has 4 heteroatoms. The van der Waals surface area contributed by atoms with E-state index in [1.165, 1.54) is 11.1 Å². The molecule has 0 saturated heterocycles. The summed E-state index contributed by atoms with van der Waals surface area (Å²) in [6, 6.07) is 50.2. The minimum atomic E-state index is 0.758. The van der Waals surface area contributed by atoms with E-state index >= 15 is 0 Å². The van der Waals surface area contributed by atoms with Crippen molar-refractivity contribution in [2.45, 2.75) is 12.8 Å². The molecule has 4 nitrogen and oxygen atoms in total. The van der Waals surface area contributed by atoms with Crippen LogP contribution in [-0.4, -0.2) is 7.11 Å². The highest BCUT2D eigenvalue weighted by atomic mass is 16.5. The number of benzene rings is 6. The first-order valence-corrected chi connectivity index (χ1v) is 14.5. The van der Waals surface area contributed by atoms with Crippen LogP contribution < -0.4 is 21.1 Å². The number of ether oxygens (including phenoxy) is 1. The SMILES string of the molecule is COc1ccc(N(c2ccc(-c3ccc(N)cc3)cc2)c2ccc(CCc3ccccc3)c(-c3ccccc3N)c2)cc1. The van der Waals surface area contributed by atoms with Crippen LogP contribution in [0.5, 0.6) is 5.75 Å². The van der Waals surface area contributed by atoms with Crippen molar-refractivity contribution in [2.75, 3.05) is 23.5 Å². The van der Waals surface area contributed by atoms with E-state index in [4.69, 9.17) is 16.2 Å². The van der Waals surface area contributed by atoms with E-state index in [1.807, 2.05) is 36.4 Å². The average Bonchev–Trinajstić information content (AvgIpc) is 3.06. The van der Waals surface area contributed by atoms with Crippen LogP contribution in [-0.2, 0) is 12.8 Å². The Labute approximate surface area is 253 Å². The molecule has 0 heterocycles. The van der Waals surface area contributed by atoms with Gasteiger partial charge in [-0.1, -0.05) is 78.9 Å². The molecule has 0 atom stereocenters. The summed E-state index contributed by atoms with van der Waals surface area (Å²) in [5.74, 6) is 0.816. The molecule has 212 valence electrons. The Balaban J connectivity index is 1.44. The smallest absolute Gasteiger partial charge is 0.119 e. The van der Waals surface area contributed by atoms with E-state index in [9.17, 15) is 0 Å². The minimum absolute atomic E-state index is 0.758. The topological polar surface area (TPSA) is 64.5 Å². The molecule has 0 aliphatic rings. The summed E-state index contributed by atoms with van der Waals surface area (Å²) in [5, 5.41) is 0. The number of rotatable bonds is 9. The second-order valence-corrected chi connectivity index (χ2v) is 10.6. The summed E-state index contributed by atoms with van der Waals surface area (Å²) in [4.78, 5) is 2.27. The Morgan fingerprint density at radius 3 is 1.77 bits per heavy atom.